The highest BCUT2D eigenvalue weighted by atomic mass is 35.5. The van der Waals surface area contributed by atoms with Crippen LogP contribution in [0.2, 0.25) is 10.0 Å². The number of nitrogens with one attached hydrogen (secondary N) is 3. The van der Waals surface area contributed by atoms with Gasteiger partial charge in [-0.05, 0) is 50.2 Å². The first kappa shape index (κ1) is 18.6. The molecule has 26 heavy (non-hydrogen) atoms. The van der Waals surface area contributed by atoms with E-state index in [-0.39, 0.29) is 22.4 Å². The van der Waals surface area contributed by atoms with Crippen molar-refractivity contribution in [3.8, 4) is 0 Å². The highest BCUT2D eigenvalue weighted by Crippen LogP contribution is 2.27. The zero-order chi connectivity index (χ0) is 18.5. The number of benzene rings is 1. The number of hydrogen-bond acceptors (Lipinski definition) is 4. The van der Waals surface area contributed by atoms with Gasteiger partial charge in [-0.3, -0.25) is 9.59 Å². The number of pyridine rings is 1. The predicted octanol–water partition coefficient (Wildman–Crippen LogP) is 3.58. The molecule has 2 amide bonds. The molecule has 3 N–H and O–H groups in total. The van der Waals surface area contributed by atoms with Crippen molar-refractivity contribution in [1.29, 1.82) is 0 Å². The Balaban J connectivity index is 1.79. The minimum Gasteiger partial charge on any atom is -0.325 e. The first-order valence-electron chi connectivity index (χ1n) is 8.27. The summed E-state index contributed by atoms with van der Waals surface area (Å²) in [6, 6.07) is 8.17. The van der Waals surface area contributed by atoms with Crippen LogP contribution in [0.4, 0.5) is 11.5 Å². The predicted molar refractivity (Wildman–Crippen MR) is 103 cm³/mol. The maximum Gasteiger partial charge on any atom is 0.260 e. The van der Waals surface area contributed by atoms with Gasteiger partial charge >= 0.3 is 0 Å². The van der Waals surface area contributed by atoms with Gasteiger partial charge in [0.05, 0.1) is 21.3 Å². The van der Waals surface area contributed by atoms with Crippen molar-refractivity contribution in [2.24, 2.45) is 5.92 Å². The van der Waals surface area contributed by atoms with Crippen LogP contribution in [-0.4, -0.2) is 29.9 Å². The van der Waals surface area contributed by atoms with Gasteiger partial charge in [-0.1, -0.05) is 29.3 Å². The number of aromatic nitrogens is 1. The number of carbonyl (C=O) groups is 2. The van der Waals surface area contributed by atoms with E-state index in [1.54, 1.807) is 30.3 Å². The van der Waals surface area contributed by atoms with Gasteiger partial charge in [-0.2, -0.15) is 0 Å². The Hall–Kier alpha value is -2.15. The lowest BCUT2D eigenvalue weighted by molar-refractivity contribution is -0.120. The summed E-state index contributed by atoms with van der Waals surface area (Å²) in [7, 11) is 0. The van der Waals surface area contributed by atoms with Crippen molar-refractivity contribution in [2.45, 2.75) is 12.8 Å². The molecule has 8 heteroatoms. The Kier molecular flexibility index (Phi) is 6.08. The Labute approximate surface area is 161 Å². The van der Waals surface area contributed by atoms with E-state index in [2.05, 4.69) is 20.9 Å². The van der Waals surface area contributed by atoms with Gasteiger partial charge in [-0.25, -0.2) is 4.98 Å². The number of rotatable bonds is 4. The zero-order valence-corrected chi connectivity index (χ0v) is 15.4. The van der Waals surface area contributed by atoms with Crippen molar-refractivity contribution in [3.63, 3.8) is 0 Å². The molecule has 6 nitrogen and oxygen atoms in total. The highest BCUT2D eigenvalue weighted by Gasteiger charge is 2.23. The van der Waals surface area contributed by atoms with Crippen LogP contribution in [0, 0.1) is 5.92 Å². The Morgan fingerprint density at radius 1 is 1.08 bits per heavy atom. The van der Waals surface area contributed by atoms with Crippen LogP contribution in [0.1, 0.15) is 23.2 Å². The highest BCUT2D eigenvalue weighted by molar-refractivity contribution is 6.35. The van der Waals surface area contributed by atoms with E-state index >= 15 is 0 Å². The first-order chi connectivity index (χ1) is 12.5. The van der Waals surface area contributed by atoms with Crippen molar-refractivity contribution < 1.29 is 9.59 Å². The van der Waals surface area contributed by atoms with Crippen molar-refractivity contribution in [3.05, 3.63) is 52.1 Å². The van der Waals surface area contributed by atoms with E-state index in [9.17, 15) is 9.59 Å². The number of halogens is 2. The van der Waals surface area contributed by atoms with Gasteiger partial charge in [0.15, 0.2) is 0 Å². The number of hydrogen-bond donors (Lipinski definition) is 3. The van der Waals surface area contributed by atoms with Crippen molar-refractivity contribution in [2.75, 3.05) is 23.7 Å². The van der Waals surface area contributed by atoms with E-state index < -0.39 is 5.91 Å². The lowest BCUT2D eigenvalue weighted by Crippen LogP contribution is -2.35. The van der Waals surface area contributed by atoms with Crippen molar-refractivity contribution >= 4 is 46.5 Å². The molecule has 1 fully saturated rings. The molecule has 3 rings (SSSR count). The van der Waals surface area contributed by atoms with Crippen LogP contribution in [-0.2, 0) is 4.79 Å². The van der Waals surface area contributed by atoms with Crippen molar-refractivity contribution in [1.82, 2.24) is 10.3 Å². The van der Waals surface area contributed by atoms with E-state index in [1.165, 1.54) is 6.20 Å². The summed E-state index contributed by atoms with van der Waals surface area (Å²) in [5, 5.41) is 9.45. The number of amides is 2. The SMILES string of the molecule is O=C(Nc1ccc(Cl)cn1)c1c(Cl)cccc1NC(=O)C1CCNCC1. The van der Waals surface area contributed by atoms with Gasteiger partial charge in [0.25, 0.3) is 5.91 Å². The third-order valence-corrected chi connectivity index (χ3v) is 4.72. The van der Waals surface area contributed by atoms with E-state index in [1.807, 2.05) is 0 Å². The fourth-order valence-electron chi connectivity index (χ4n) is 2.81. The van der Waals surface area contributed by atoms with Gasteiger partial charge in [-0.15, -0.1) is 0 Å². The van der Waals surface area contributed by atoms with Crippen LogP contribution in [0.3, 0.4) is 0 Å². The van der Waals surface area contributed by atoms with Gasteiger partial charge < -0.3 is 16.0 Å². The topological polar surface area (TPSA) is 83.1 Å². The Bertz CT molecular complexity index is 805. The van der Waals surface area contributed by atoms with Crippen LogP contribution >= 0.6 is 23.2 Å². The standard InChI is InChI=1S/C18H18Cl2N4O2/c19-12-4-5-15(22-10-12)24-18(26)16-13(20)2-1-3-14(16)23-17(25)11-6-8-21-9-7-11/h1-5,10-11,21H,6-9H2,(H,23,25)(H,22,24,26). The molecule has 1 aliphatic heterocycles. The molecule has 136 valence electrons. The molecule has 2 aromatic rings. The normalized spacial score (nSPS) is 14.7. The lowest BCUT2D eigenvalue weighted by Gasteiger charge is -2.22. The smallest absolute Gasteiger partial charge is 0.260 e. The molecule has 1 saturated heterocycles. The quantitative estimate of drug-likeness (QED) is 0.742. The van der Waals surface area contributed by atoms with Crippen LogP contribution < -0.4 is 16.0 Å². The Morgan fingerprint density at radius 3 is 2.54 bits per heavy atom. The average Bonchev–Trinajstić information content (AvgIpc) is 2.64. The minimum atomic E-state index is -0.453. The monoisotopic (exact) mass is 392 g/mol. The summed E-state index contributed by atoms with van der Waals surface area (Å²) in [5.74, 6) is -0.294. The van der Waals surface area contributed by atoms with Crippen LogP contribution in [0.25, 0.3) is 0 Å². The van der Waals surface area contributed by atoms with E-state index in [0.29, 0.717) is 16.5 Å². The third-order valence-electron chi connectivity index (χ3n) is 4.18. The molecule has 1 aliphatic rings. The molecule has 0 bridgehead atoms. The summed E-state index contributed by atoms with van der Waals surface area (Å²) < 4.78 is 0. The molecule has 0 saturated carbocycles. The van der Waals surface area contributed by atoms with E-state index in [0.717, 1.165) is 25.9 Å². The average molecular weight is 393 g/mol. The number of nitrogens with zero attached hydrogens (tertiary/aromatic N) is 1. The second kappa shape index (κ2) is 8.49. The van der Waals surface area contributed by atoms with E-state index in [4.69, 9.17) is 23.2 Å². The second-order valence-corrected chi connectivity index (χ2v) is 6.84. The maximum atomic E-state index is 12.7. The minimum absolute atomic E-state index is 0.0796. The summed E-state index contributed by atoms with van der Waals surface area (Å²) >= 11 is 12.0. The molecule has 0 spiro atoms. The van der Waals surface area contributed by atoms with Gasteiger partial charge in [0.2, 0.25) is 5.91 Å². The summed E-state index contributed by atoms with van der Waals surface area (Å²) in [5.41, 5.74) is 0.584. The molecular weight excluding hydrogens is 375 g/mol. The molecule has 1 aromatic heterocycles. The van der Waals surface area contributed by atoms with Crippen LogP contribution in [0.15, 0.2) is 36.5 Å². The summed E-state index contributed by atoms with van der Waals surface area (Å²) in [6.07, 6.45) is 2.97. The largest absolute Gasteiger partial charge is 0.325 e. The maximum absolute atomic E-state index is 12.7. The number of carbonyl (C=O) groups excluding carboxylic acids is 2. The molecule has 0 radical (unpaired) electrons. The fourth-order valence-corrected chi connectivity index (χ4v) is 3.18. The van der Waals surface area contributed by atoms with Crippen LogP contribution in [0.5, 0.6) is 0 Å². The molecule has 0 aliphatic carbocycles. The summed E-state index contributed by atoms with van der Waals surface area (Å²) in [4.78, 5) is 29.2. The third kappa shape index (κ3) is 4.52. The zero-order valence-electron chi connectivity index (χ0n) is 13.9. The lowest BCUT2D eigenvalue weighted by atomic mass is 9.97. The molecule has 1 aromatic carbocycles. The Morgan fingerprint density at radius 2 is 1.85 bits per heavy atom. The molecular formula is C18H18Cl2N4O2. The number of anilines is 2. The van der Waals surface area contributed by atoms with Gasteiger partial charge in [0.1, 0.15) is 5.82 Å². The molecule has 0 unspecified atom stereocenters. The van der Waals surface area contributed by atoms with Gasteiger partial charge in [0, 0.05) is 12.1 Å². The number of piperidine rings is 1. The first-order valence-corrected chi connectivity index (χ1v) is 9.03. The second-order valence-electron chi connectivity index (χ2n) is 5.99. The summed E-state index contributed by atoms with van der Waals surface area (Å²) in [6.45, 7) is 1.62. The molecule has 0 atom stereocenters. The molecule has 2 heterocycles. The fraction of sp³-hybridized carbons (Fsp3) is 0.278.